The number of benzene rings is 1. The minimum Gasteiger partial charge on any atom is -0.326 e. The molecular weight excluding hydrogens is 212 g/mol. The zero-order chi connectivity index (χ0) is 11.3. The Kier molecular flexibility index (Phi) is 4.59. The molecule has 0 saturated heterocycles. The van der Waals surface area contributed by atoms with Crippen LogP contribution in [0.3, 0.4) is 0 Å². The van der Waals surface area contributed by atoms with E-state index in [1.165, 1.54) is 0 Å². The van der Waals surface area contributed by atoms with Gasteiger partial charge < -0.3 is 5.32 Å². The van der Waals surface area contributed by atoms with E-state index < -0.39 is 0 Å². The van der Waals surface area contributed by atoms with Crippen molar-refractivity contribution in [3.63, 3.8) is 0 Å². The van der Waals surface area contributed by atoms with Crippen LogP contribution in [0.2, 0.25) is 0 Å². The number of hydrogen-bond donors (Lipinski definition) is 2. The summed E-state index contributed by atoms with van der Waals surface area (Å²) in [5.41, 5.74) is 2.95. The third kappa shape index (κ3) is 3.53. The van der Waals surface area contributed by atoms with Crippen LogP contribution in [0.15, 0.2) is 18.2 Å². The highest BCUT2D eigenvalue weighted by atomic mass is 35.5. The van der Waals surface area contributed by atoms with Gasteiger partial charge >= 0.3 is 0 Å². The molecule has 0 aromatic heterocycles. The van der Waals surface area contributed by atoms with Gasteiger partial charge in [0.15, 0.2) is 0 Å². The summed E-state index contributed by atoms with van der Waals surface area (Å²) < 4.78 is 0. The van der Waals surface area contributed by atoms with Gasteiger partial charge in [0, 0.05) is 18.7 Å². The SMILES string of the molecule is CCC(=O)Nc1cc(CNCl)ccc1C. The highest BCUT2D eigenvalue weighted by Gasteiger charge is 2.03. The molecule has 2 N–H and O–H groups in total. The fourth-order valence-electron chi connectivity index (χ4n) is 1.23. The van der Waals surface area contributed by atoms with E-state index >= 15 is 0 Å². The Bertz CT molecular complexity index is 352. The molecule has 0 aliphatic carbocycles. The molecule has 1 aromatic rings. The number of anilines is 1. The second-order valence-electron chi connectivity index (χ2n) is 3.36. The van der Waals surface area contributed by atoms with Crippen molar-refractivity contribution >= 4 is 23.4 Å². The van der Waals surface area contributed by atoms with Crippen LogP contribution in [0.1, 0.15) is 24.5 Å². The van der Waals surface area contributed by atoms with E-state index in [4.69, 9.17) is 11.8 Å². The standard InChI is InChI=1S/C11H15ClN2O/c1-3-11(15)14-10-6-9(7-13-12)5-4-8(10)2/h4-6,13H,3,7H2,1-2H3,(H,14,15). The van der Waals surface area contributed by atoms with E-state index in [-0.39, 0.29) is 5.91 Å². The molecule has 1 aromatic carbocycles. The summed E-state index contributed by atoms with van der Waals surface area (Å²) in [6.45, 7) is 4.37. The topological polar surface area (TPSA) is 41.1 Å². The fourth-order valence-corrected chi connectivity index (χ4v) is 1.38. The summed E-state index contributed by atoms with van der Waals surface area (Å²) in [7, 11) is 0. The predicted octanol–water partition coefficient (Wildman–Crippen LogP) is 2.59. The molecule has 0 fully saturated rings. The van der Waals surface area contributed by atoms with Crippen LogP contribution in [0.4, 0.5) is 5.69 Å². The van der Waals surface area contributed by atoms with Gasteiger partial charge in [0.2, 0.25) is 5.91 Å². The zero-order valence-electron chi connectivity index (χ0n) is 8.93. The molecule has 1 amide bonds. The van der Waals surface area contributed by atoms with Gasteiger partial charge in [-0.3, -0.25) is 4.79 Å². The van der Waals surface area contributed by atoms with Gasteiger partial charge in [0.05, 0.1) is 0 Å². The number of rotatable bonds is 4. The van der Waals surface area contributed by atoms with E-state index in [9.17, 15) is 4.79 Å². The van der Waals surface area contributed by atoms with Crippen LogP contribution in [-0.2, 0) is 11.3 Å². The lowest BCUT2D eigenvalue weighted by molar-refractivity contribution is -0.115. The van der Waals surface area contributed by atoms with Gasteiger partial charge in [-0.15, -0.1) is 0 Å². The van der Waals surface area contributed by atoms with Crippen molar-refractivity contribution in [2.45, 2.75) is 26.8 Å². The number of aryl methyl sites for hydroxylation is 1. The number of hydrogen-bond acceptors (Lipinski definition) is 2. The third-order valence-corrected chi connectivity index (χ3v) is 2.30. The Morgan fingerprint density at radius 1 is 1.47 bits per heavy atom. The molecule has 4 heteroatoms. The molecule has 0 aliphatic rings. The first-order valence-electron chi connectivity index (χ1n) is 4.90. The summed E-state index contributed by atoms with van der Waals surface area (Å²) in [4.78, 5) is 13.8. The largest absolute Gasteiger partial charge is 0.326 e. The van der Waals surface area contributed by atoms with Gasteiger partial charge in [-0.1, -0.05) is 19.1 Å². The van der Waals surface area contributed by atoms with Gasteiger partial charge in [-0.05, 0) is 35.9 Å². The molecule has 0 heterocycles. The molecule has 0 spiro atoms. The van der Waals surface area contributed by atoms with Crippen molar-refractivity contribution in [3.05, 3.63) is 29.3 Å². The molecule has 0 aliphatic heterocycles. The highest BCUT2D eigenvalue weighted by Crippen LogP contribution is 2.17. The van der Waals surface area contributed by atoms with Gasteiger partial charge in [0.1, 0.15) is 0 Å². The molecule has 15 heavy (non-hydrogen) atoms. The Hall–Kier alpha value is -1.06. The summed E-state index contributed by atoms with van der Waals surface area (Å²) in [5, 5.41) is 2.85. The molecule has 0 atom stereocenters. The lowest BCUT2D eigenvalue weighted by atomic mass is 10.1. The van der Waals surface area contributed by atoms with Crippen LogP contribution in [0.25, 0.3) is 0 Å². The maximum Gasteiger partial charge on any atom is 0.224 e. The third-order valence-electron chi connectivity index (χ3n) is 2.17. The summed E-state index contributed by atoms with van der Waals surface area (Å²) in [6, 6.07) is 5.87. The molecule has 0 saturated carbocycles. The Labute approximate surface area is 94.9 Å². The summed E-state index contributed by atoms with van der Waals surface area (Å²) in [5.74, 6) is 0.0223. The molecule has 0 unspecified atom stereocenters. The first-order valence-corrected chi connectivity index (χ1v) is 5.28. The Balaban J connectivity index is 2.85. The molecule has 0 radical (unpaired) electrons. The Morgan fingerprint density at radius 3 is 2.80 bits per heavy atom. The maximum absolute atomic E-state index is 11.2. The Morgan fingerprint density at radius 2 is 2.20 bits per heavy atom. The van der Waals surface area contributed by atoms with Crippen molar-refractivity contribution in [2.24, 2.45) is 0 Å². The maximum atomic E-state index is 11.2. The zero-order valence-corrected chi connectivity index (χ0v) is 9.69. The van der Waals surface area contributed by atoms with Crippen molar-refractivity contribution in [1.82, 2.24) is 4.84 Å². The van der Waals surface area contributed by atoms with Crippen LogP contribution in [0.5, 0.6) is 0 Å². The second-order valence-corrected chi connectivity index (χ2v) is 3.63. The minimum atomic E-state index is 0.0223. The highest BCUT2D eigenvalue weighted by molar-refractivity contribution is 6.13. The average molecular weight is 227 g/mol. The van der Waals surface area contributed by atoms with Gasteiger partial charge in [0.25, 0.3) is 0 Å². The van der Waals surface area contributed by atoms with Crippen molar-refractivity contribution in [2.75, 3.05) is 5.32 Å². The molecular formula is C11H15ClN2O. The van der Waals surface area contributed by atoms with E-state index in [0.717, 1.165) is 16.8 Å². The fraction of sp³-hybridized carbons (Fsp3) is 0.364. The van der Waals surface area contributed by atoms with Crippen LogP contribution >= 0.6 is 11.8 Å². The van der Waals surface area contributed by atoms with Crippen molar-refractivity contribution < 1.29 is 4.79 Å². The first kappa shape index (κ1) is 12.0. The van der Waals surface area contributed by atoms with Crippen LogP contribution in [0, 0.1) is 6.92 Å². The number of amides is 1. The number of halogens is 1. The van der Waals surface area contributed by atoms with Crippen LogP contribution < -0.4 is 10.2 Å². The van der Waals surface area contributed by atoms with E-state index in [1.807, 2.05) is 32.0 Å². The normalized spacial score (nSPS) is 10.1. The first-order chi connectivity index (χ1) is 7.17. The summed E-state index contributed by atoms with van der Waals surface area (Å²) in [6.07, 6.45) is 0.484. The van der Waals surface area contributed by atoms with E-state index in [0.29, 0.717) is 13.0 Å². The molecule has 0 bridgehead atoms. The molecule has 82 valence electrons. The summed E-state index contributed by atoms with van der Waals surface area (Å²) >= 11 is 5.42. The number of carbonyl (C=O) groups is 1. The lowest BCUT2D eigenvalue weighted by Crippen LogP contribution is -2.11. The van der Waals surface area contributed by atoms with Crippen molar-refractivity contribution in [3.8, 4) is 0 Å². The average Bonchev–Trinajstić information content (AvgIpc) is 2.23. The monoisotopic (exact) mass is 226 g/mol. The predicted molar refractivity (Wildman–Crippen MR) is 62.8 cm³/mol. The number of nitrogens with one attached hydrogen (secondary N) is 2. The second kappa shape index (κ2) is 5.73. The molecule has 3 nitrogen and oxygen atoms in total. The number of carbonyl (C=O) groups excluding carboxylic acids is 1. The smallest absolute Gasteiger partial charge is 0.224 e. The van der Waals surface area contributed by atoms with E-state index in [2.05, 4.69) is 10.2 Å². The minimum absolute atomic E-state index is 0.0223. The molecule has 1 rings (SSSR count). The quantitative estimate of drug-likeness (QED) is 0.775. The lowest BCUT2D eigenvalue weighted by Gasteiger charge is -2.09. The van der Waals surface area contributed by atoms with E-state index in [1.54, 1.807) is 0 Å². The van der Waals surface area contributed by atoms with Gasteiger partial charge in [-0.25, -0.2) is 4.84 Å². The van der Waals surface area contributed by atoms with Crippen molar-refractivity contribution in [1.29, 1.82) is 0 Å². The van der Waals surface area contributed by atoms with Crippen LogP contribution in [-0.4, -0.2) is 5.91 Å². The van der Waals surface area contributed by atoms with Gasteiger partial charge in [-0.2, -0.15) is 0 Å².